The predicted molar refractivity (Wildman–Crippen MR) is 174 cm³/mol. The van der Waals surface area contributed by atoms with Gasteiger partial charge >= 0.3 is 5.97 Å². The molecule has 0 amide bonds. The highest BCUT2D eigenvalue weighted by Gasteiger charge is 2.69. The fourth-order valence-corrected chi connectivity index (χ4v) is 12.8. The first-order chi connectivity index (χ1) is 21.3. The molecule has 0 radical (unpaired) electrons. The fraction of sp³-hybridized carbons (Fsp3) is 0.750. The summed E-state index contributed by atoms with van der Waals surface area (Å²) in [5.41, 5.74) is 1.49. The average Bonchev–Trinajstić information content (AvgIpc) is 3.30. The van der Waals surface area contributed by atoms with Gasteiger partial charge in [-0.25, -0.2) is 13.1 Å². The minimum atomic E-state index is -3.72. The Morgan fingerprint density at radius 1 is 1.13 bits per heavy atom. The van der Waals surface area contributed by atoms with Crippen molar-refractivity contribution in [3.8, 4) is 0 Å². The summed E-state index contributed by atoms with van der Waals surface area (Å²) in [6.45, 7) is 6.79. The molecule has 6 rings (SSSR count). The molecule has 0 bridgehead atoms. The van der Waals surface area contributed by atoms with Crippen LogP contribution in [0.3, 0.4) is 0 Å². The maximum atomic E-state index is 13.8. The number of aliphatic hydroxyl groups excluding tert-OH is 1. The maximum absolute atomic E-state index is 13.8. The number of hydrogen-bond donors (Lipinski definition) is 4. The van der Waals surface area contributed by atoms with Crippen LogP contribution in [0, 0.1) is 40.4 Å². The van der Waals surface area contributed by atoms with E-state index in [-0.39, 0.29) is 46.5 Å². The molecule has 0 saturated heterocycles. The third-order valence-electron chi connectivity index (χ3n) is 13.7. The van der Waals surface area contributed by atoms with E-state index in [1.165, 1.54) is 7.11 Å². The summed E-state index contributed by atoms with van der Waals surface area (Å²) < 4.78 is 35.6. The van der Waals surface area contributed by atoms with E-state index in [9.17, 15) is 23.4 Å². The van der Waals surface area contributed by atoms with Crippen LogP contribution >= 0.6 is 0 Å². The zero-order valence-electron chi connectivity index (χ0n) is 27.8. The van der Waals surface area contributed by atoms with Crippen molar-refractivity contribution in [2.24, 2.45) is 40.4 Å². The lowest BCUT2D eigenvalue weighted by atomic mass is 9.42. The number of sulfonamides is 1. The second kappa shape index (κ2) is 11.9. The first-order valence-corrected chi connectivity index (χ1v) is 18.8. The van der Waals surface area contributed by atoms with Crippen LogP contribution in [0.25, 0.3) is 5.70 Å². The largest absolute Gasteiger partial charge is 0.469 e. The topological polar surface area (TPSA) is 125 Å². The number of carbonyl (C=O) groups is 1. The molecule has 5 aliphatic carbocycles. The molecule has 0 aliphatic heterocycles. The molecular weight excluding hydrogens is 588 g/mol. The zero-order valence-corrected chi connectivity index (χ0v) is 28.6. The number of fused-ring (bicyclic) bond motifs is 6. The lowest BCUT2D eigenvalue weighted by Gasteiger charge is -2.65. The second-order valence-corrected chi connectivity index (χ2v) is 17.2. The lowest BCUT2D eigenvalue weighted by Crippen LogP contribution is -2.66. The summed E-state index contributed by atoms with van der Waals surface area (Å²) in [6.07, 6.45) is 10.5. The zero-order chi connectivity index (χ0) is 32.4. The Balaban J connectivity index is 1.18. The Morgan fingerprint density at radius 2 is 1.91 bits per heavy atom. The molecule has 4 N–H and O–H groups in total. The molecule has 0 heterocycles. The molecule has 9 unspecified atom stereocenters. The third kappa shape index (κ3) is 5.28. The van der Waals surface area contributed by atoms with Crippen molar-refractivity contribution in [3.05, 3.63) is 35.4 Å². The number of allylic oxidation sites excluding steroid dienone is 1. The van der Waals surface area contributed by atoms with Crippen molar-refractivity contribution < 1.29 is 28.2 Å². The van der Waals surface area contributed by atoms with Gasteiger partial charge in [-0.2, -0.15) is 0 Å². The molecule has 5 aliphatic rings. The quantitative estimate of drug-likeness (QED) is 0.288. The van der Waals surface area contributed by atoms with E-state index >= 15 is 0 Å². The van der Waals surface area contributed by atoms with Crippen LogP contribution in [0.2, 0.25) is 0 Å². The predicted octanol–water partition coefficient (Wildman–Crippen LogP) is 5.17. The molecule has 45 heavy (non-hydrogen) atoms. The second-order valence-electron chi connectivity index (χ2n) is 15.5. The molecule has 4 fully saturated rings. The van der Waals surface area contributed by atoms with Gasteiger partial charge in [0.05, 0.1) is 23.7 Å². The van der Waals surface area contributed by atoms with Gasteiger partial charge in [-0.1, -0.05) is 39.0 Å². The molecule has 1 aromatic carbocycles. The van der Waals surface area contributed by atoms with Crippen LogP contribution in [0.5, 0.6) is 0 Å². The van der Waals surface area contributed by atoms with Gasteiger partial charge in [-0.05, 0) is 117 Å². The van der Waals surface area contributed by atoms with Crippen molar-refractivity contribution in [2.75, 3.05) is 14.2 Å². The molecule has 10 atom stereocenters. The van der Waals surface area contributed by atoms with Gasteiger partial charge in [0.25, 0.3) is 0 Å². The van der Waals surface area contributed by atoms with Crippen molar-refractivity contribution >= 4 is 21.7 Å². The summed E-state index contributed by atoms with van der Waals surface area (Å²) in [6, 6.07) is 5.36. The maximum Gasteiger partial charge on any atom is 0.305 e. The van der Waals surface area contributed by atoms with E-state index in [2.05, 4.69) is 36.9 Å². The highest BCUT2D eigenvalue weighted by molar-refractivity contribution is 7.89. The van der Waals surface area contributed by atoms with Crippen LogP contribution < -0.4 is 10.0 Å². The monoisotopic (exact) mass is 642 g/mol. The number of ether oxygens (including phenoxy) is 1. The number of nitrogens with one attached hydrogen (secondary N) is 2. The summed E-state index contributed by atoms with van der Waals surface area (Å²) in [5.74, 6) is 0.574. The Labute approximate surface area is 269 Å². The number of methoxy groups -OCH3 is 1. The van der Waals surface area contributed by atoms with Crippen LogP contribution in [0.1, 0.15) is 103 Å². The van der Waals surface area contributed by atoms with Gasteiger partial charge in [-0.3, -0.25) is 4.79 Å². The smallest absolute Gasteiger partial charge is 0.305 e. The molecule has 8 nitrogen and oxygen atoms in total. The number of hydrogen-bond acceptors (Lipinski definition) is 7. The highest BCUT2D eigenvalue weighted by Crippen LogP contribution is 2.70. The number of benzene rings is 1. The van der Waals surface area contributed by atoms with Crippen LogP contribution in [-0.4, -0.2) is 56.5 Å². The lowest BCUT2D eigenvalue weighted by molar-refractivity contribution is -0.241. The van der Waals surface area contributed by atoms with Crippen molar-refractivity contribution in [3.63, 3.8) is 0 Å². The molecule has 0 aromatic heterocycles. The number of rotatable bonds is 8. The Kier molecular flexibility index (Phi) is 8.75. The number of aliphatic hydroxyl groups is 2. The fourth-order valence-electron chi connectivity index (χ4n) is 11.2. The normalized spacial score (nSPS) is 39.8. The van der Waals surface area contributed by atoms with E-state index in [4.69, 9.17) is 4.74 Å². The Morgan fingerprint density at radius 3 is 2.64 bits per heavy atom. The number of esters is 1. The van der Waals surface area contributed by atoms with E-state index in [0.29, 0.717) is 42.9 Å². The van der Waals surface area contributed by atoms with Crippen molar-refractivity contribution in [1.29, 1.82) is 0 Å². The first-order valence-electron chi connectivity index (χ1n) is 17.3. The summed E-state index contributed by atoms with van der Waals surface area (Å²) in [4.78, 5) is 12.2. The molecule has 1 aromatic rings. The van der Waals surface area contributed by atoms with Crippen molar-refractivity contribution in [1.82, 2.24) is 10.0 Å². The minimum absolute atomic E-state index is 0.0596. The highest BCUT2D eigenvalue weighted by atomic mass is 32.2. The standard InChI is InChI=1S/C36H54N2O6S/c1-22(12-13-32(40)44-5)27-16-19-36(41)33-28(15-18-35(27,36)3)34(2)17-14-24(20-23(34)21-30(33)39)38-45(42,43)31-11-7-8-25-26(31)9-6-10-29(25)37-4/h7-8,10-11,22-24,27-28,30,33,37-39,41H,6,9,12-21H2,1-5H3/t22-,23?,24?,27?,28?,30?,33?,34?,35?,36?/m1/s1. The van der Waals surface area contributed by atoms with Gasteiger partial charge < -0.3 is 20.3 Å². The Bertz CT molecular complexity index is 1440. The van der Waals surface area contributed by atoms with Gasteiger partial charge in [0, 0.05) is 36.7 Å². The third-order valence-corrected chi connectivity index (χ3v) is 15.3. The summed E-state index contributed by atoms with van der Waals surface area (Å²) in [7, 11) is -0.423. The molecule has 250 valence electrons. The minimum Gasteiger partial charge on any atom is -0.469 e. The summed E-state index contributed by atoms with van der Waals surface area (Å²) in [5, 5.41) is 27.6. The molecular formula is C36H54N2O6S. The van der Waals surface area contributed by atoms with Crippen LogP contribution in [0.15, 0.2) is 29.2 Å². The van der Waals surface area contributed by atoms with E-state index < -0.39 is 21.7 Å². The van der Waals surface area contributed by atoms with E-state index in [1.807, 2.05) is 19.2 Å². The average molecular weight is 643 g/mol. The number of carbonyl (C=O) groups excluding carboxylic acids is 1. The van der Waals surface area contributed by atoms with Crippen LogP contribution in [0.4, 0.5) is 0 Å². The van der Waals surface area contributed by atoms with E-state index in [1.54, 1.807) is 6.07 Å². The van der Waals surface area contributed by atoms with Gasteiger partial charge in [-0.15, -0.1) is 0 Å². The molecule has 9 heteroatoms. The Hall–Kier alpha value is -1.94. The summed E-state index contributed by atoms with van der Waals surface area (Å²) >= 11 is 0. The molecule has 0 spiro atoms. The van der Waals surface area contributed by atoms with Gasteiger partial charge in [0.1, 0.15) is 0 Å². The SMILES string of the molecule is CNC1=CCCc2c1cccc2S(=O)(=O)NC1CCC2(C)C(C1)CC(O)C1C2CCC2(C)C([C@H](C)CCC(=O)OC)CCC12O. The van der Waals surface area contributed by atoms with E-state index in [0.717, 1.165) is 61.8 Å². The first kappa shape index (κ1) is 33.0. The molecule has 4 saturated carbocycles. The van der Waals surface area contributed by atoms with Gasteiger partial charge in [0.15, 0.2) is 0 Å². The van der Waals surface area contributed by atoms with Crippen LogP contribution in [-0.2, 0) is 26.0 Å². The van der Waals surface area contributed by atoms with Gasteiger partial charge in [0.2, 0.25) is 10.0 Å². The van der Waals surface area contributed by atoms with Crippen molar-refractivity contribution in [2.45, 2.75) is 120 Å².